The molecule has 0 bridgehead atoms. The highest BCUT2D eigenvalue weighted by molar-refractivity contribution is 7.09. The number of amides is 2. The summed E-state index contributed by atoms with van der Waals surface area (Å²) < 4.78 is 7.87. The number of rotatable bonds is 4. The van der Waals surface area contributed by atoms with Crippen LogP contribution in [0.1, 0.15) is 57.9 Å². The average Bonchev–Trinajstić information content (AvgIpc) is 3.26. The van der Waals surface area contributed by atoms with Crippen LogP contribution in [0, 0.1) is 0 Å². The summed E-state index contributed by atoms with van der Waals surface area (Å²) in [5.74, 6) is 0. The fraction of sp³-hybridized carbons (Fsp3) is 0.545. The van der Waals surface area contributed by atoms with Crippen molar-refractivity contribution in [2.45, 2.75) is 71.1 Å². The van der Waals surface area contributed by atoms with Crippen molar-refractivity contribution in [1.82, 2.24) is 9.88 Å². The van der Waals surface area contributed by atoms with Crippen molar-refractivity contribution in [2.24, 2.45) is 4.99 Å². The summed E-state index contributed by atoms with van der Waals surface area (Å²) in [6.45, 7) is 12.1. The standard InChI is InChI=1S/C22H31N3O2S/c1-21(2,3)18-15-25(14-17-12-9-13-27-17)20(28-18)23-19(26)24-22(4,5)16-10-7-6-8-11-16/h6-8,10-11,15,17H,9,12-14H2,1-5H3,(H,24,26)/b23-20-/t17-/m1/s1. The van der Waals surface area contributed by atoms with Gasteiger partial charge in [-0.2, -0.15) is 4.99 Å². The van der Waals surface area contributed by atoms with Crippen LogP contribution in [-0.2, 0) is 22.2 Å². The van der Waals surface area contributed by atoms with E-state index in [1.807, 2.05) is 44.2 Å². The first kappa shape index (κ1) is 20.8. The molecule has 0 spiro atoms. The van der Waals surface area contributed by atoms with Crippen molar-refractivity contribution in [3.05, 3.63) is 51.8 Å². The summed E-state index contributed by atoms with van der Waals surface area (Å²) in [7, 11) is 0. The number of hydrogen-bond acceptors (Lipinski definition) is 3. The number of hydrogen-bond donors (Lipinski definition) is 1. The minimum Gasteiger partial charge on any atom is -0.376 e. The summed E-state index contributed by atoms with van der Waals surface area (Å²) in [6.07, 6.45) is 4.48. The quantitative estimate of drug-likeness (QED) is 0.816. The number of urea groups is 1. The van der Waals surface area contributed by atoms with Crippen molar-refractivity contribution >= 4 is 17.4 Å². The third kappa shape index (κ3) is 5.11. The minimum absolute atomic E-state index is 0.0104. The summed E-state index contributed by atoms with van der Waals surface area (Å²) in [6, 6.07) is 9.63. The van der Waals surface area contributed by atoms with Gasteiger partial charge in [0.15, 0.2) is 4.80 Å². The molecule has 1 saturated heterocycles. The highest BCUT2D eigenvalue weighted by atomic mass is 32.1. The smallest absolute Gasteiger partial charge is 0.344 e. The second-order valence-corrected chi connectivity index (χ2v) is 9.96. The molecule has 1 fully saturated rings. The number of nitrogens with zero attached hydrogens (tertiary/aromatic N) is 2. The maximum atomic E-state index is 12.7. The van der Waals surface area contributed by atoms with E-state index in [1.54, 1.807) is 11.3 Å². The summed E-state index contributed by atoms with van der Waals surface area (Å²) in [5.41, 5.74) is 0.564. The third-order valence-corrected chi connectivity index (χ3v) is 6.44. The molecule has 1 aliphatic rings. The van der Waals surface area contributed by atoms with Gasteiger partial charge in [-0.25, -0.2) is 4.79 Å². The van der Waals surface area contributed by atoms with E-state index in [4.69, 9.17) is 4.74 Å². The van der Waals surface area contributed by atoms with Gasteiger partial charge in [-0.1, -0.05) is 51.1 Å². The molecule has 1 aromatic heterocycles. The predicted molar refractivity (Wildman–Crippen MR) is 114 cm³/mol. The minimum atomic E-state index is -0.495. The predicted octanol–water partition coefficient (Wildman–Crippen LogP) is 4.57. The molecule has 0 unspecified atom stereocenters. The molecular weight excluding hydrogens is 370 g/mol. The first-order valence-corrected chi connectivity index (χ1v) is 10.7. The molecule has 6 heteroatoms. The van der Waals surface area contributed by atoms with Crippen LogP contribution in [0.25, 0.3) is 0 Å². The number of aromatic nitrogens is 1. The highest BCUT2D eigenvalue weighted by Crippen LogP contribution is 2.25. The highest BCUT2D eigenvalue weighted by Gasteiger charge is 2.24. The van der Waals surface area contributed by atoms with Crippen molar-refractivity contribution in [1.29, 1.82) is 0 Å². The van der Waals surface area contributed by atoms with Crippen molar-refractivity contribution in [2.75, 3.05) is 6.61 Å². The Hall–Kier alpha value is -1.92. The van der Waals surface area contributed by atoms with Gasteiger partial charge in [-0.05, 0) is 37.7 Å². The van der Waals surface area contributed by atoms with Crippen LogP contribution < -0.4 is 10.1 Å². The van der Waals surface area contributed by atoms with Gasteiger partial charge in [0, 0.05) is 17.7 Å². The van der Waals surface area contributed by atoms with Crippen LogP contribution in [0.2, 0.25) is 0 Å². The second-order valence-electron chi connectivity index (χ2n) is 8.95. The Balaban J connectivity index is 1.86. The largest absolute Gasteiger partial charge is 0.376 e. The maximum Gasteiger partial charge on any atom is 0.344 e. The van der Waals surface area contributed by atoms with Crippen LogP contribution in [0.4, 0.5) is 4.79 Å². The zero-order chi connectivity index (χ0) is 20.4. The molecule has 0 radical (unpaired) electrons. The molecular formula is C22H31N3O2S. The molecule has 28 heavy (non-hydrogen) atoms. The van der Waals surface area contributed by atoms with Crippen LogP contribution in [0.5, 0.6) is 0 Å². The topological polar surface area (TPSA) is 55.6 Å². The first-order chi connectivity index (χ1) is 13.1. The van der Waals surface area contributed by atoms with E-state index in [0.29, 0.717) is 0 Å². The lowest BCUT2D eigenvalue weighted by Gasteiger charge is -2.25. The second kappa shape index (κ2) is 8.21. The molecule has 1 atom stereocenters. The Kier molecular flexibility index (Phi) is 6.10. The third-order valence-electron chi connectivity index (χ3n) is 5.00. The molecule has 1 aliphatic heterocycles. The lowest BCUT2D eigenvalue weighted by molar-refractivity contribution is 0.0963. The van der Waals surface area contributed by atoms with Gasteiger partial charge in [0.25, 0.3) is 0 Å². The van der Waals surface area contributed by atoms with E-state index in [9.17, 15) is 4.79 Å². The van der Waals surface area contributed by atoms with E-state index in [-0.39, 0.29) is 17.6 Å². The Morgan fingerprint density at radius 2 is 1.96 bits per heavy atom. The van der Waals surface area contributed by atoms with Gasteiger partial charge < -0.3 is 14.6 Å². The van der Waals surface area contributed by atoms with E-state index in [0.717, 1.165) is 36.4 Å². The van der Waals surface area contributed by atoms with E-state index < -0.39 is 5.54 Å². The zero-order valence-corrected chi connectivity index (χ0v) is 18.3. The van der Waals surface area contributed by atoms with E-state index in [1.165, 1.54) is 4.88 Å². The van der Waals surface area contributed by atoms with E-state index >= 15 is 0 Å². The summed E-state index contributed by atoms with van der Waals surface area (Å²) in [5, 5.41) is 3.05. The molecule has 0 saturated carbocycles. The monoisotopic (exact) mass is 401 g/mol. The zero-order valence-electron chi connectivity index (χ0n) is 17.5. The normalized spacial score (nSPS) is 18.5. The van der Waals surface area contributed by atoms with Crippen molar-refractivity contribution in [3.8, 4) is 0 Å². The Labute approximate surface area is 171 Å². The Morgan fingerprint density at radius 1 is 1.25 bits per heavy atom. The SMILES string of the molecule is CC(C)(C)c1cn(C[C@H]2CCCO2)/c(=N/C(=O)NC(C)(C)c2ccccc2)s1. The number of carbonyl (C=O) groups excluding carboxylic acids is 1. The van der Waals surface area contributed by atoms with Gasteiger partial charge in [-0.3, -0.25) is 0 Å². The van der Waals surface area contributed by atoms with Crippen molar-refractivity contribution in [3.63, 3.8) is 0 Å². The van der Waals surface area contributed by atoms with Crippen molar-refractivity contribution < 1.29 is 9.53 Å². The molecule has 1 aromatic carbocycles. The number of benzene rings is 1. The van der Waals surface area contributed by atoms with Gasteiger partial charge in [0.05, 0.1) is 18.2 Å². The molecule has 2 amide bonds. The van der Waals surface area contributed by atoms with Crippen LogP contribution >= 0.6 is 11.3 Å². The van der Waals surface area contributed by atoms with Gasteiger partial charge >= 0.3 is 6.03 Å². The molecule has 0 aliphatic carbocycles. The molecule has 2 aromatic rings. The molecule has 2 heterocycles. The molecule has 1 N–H and O–H groups in total. The number of nitrogens with one attached hydrogen (secondary N) is 1. The summed E-state index contributed by atoms with van der Waals surface area (Å²) >= 11 is 1.58. The molecule has 152 valence electrons. The van der Waals surface area contributed by atoms with E-state index in [2.05, 4.69) is 41.8 Å². The fourth-order valence-corrected chi connectivity index (χ4v) is 4.32. The van der Waals surface area contributed by atoms with Gasteiger partial charge in [0.1, 0.15) is 0 Å². The molecule has 5 nitrogen and oxygen atoms in total. The Morgan fingerprint density at radius 3 is 2.57 bits per heavy atom. The number of carbonyl (C=O) groups is 1. The maximum absolute atomic E-state index is 12.7. The van der Waals surface area contributed by atoms with Crippen LogP contribution in [0.3, 0.4) is 0 Å². The summed E-state index contributed by atoms with van der Waals surface area (Å²) in [4.78, 5) is 19.1. The van der Waals surface area contributed by atoms with Gasteiger partial charge in [-0.15, -0.1) is 11.3 Å². The first-order valence-electron chi connectivity index (χ1n) is 9.90. The Bertz CT molecular complexity index is 869. The fourth-order valence-electron chi connectivity index (χ4n) is 3.26. The van der Waals surface area contributed by atoms with Crippen LogP contribution in [-0.4, -0.2) is 23.3 Å². The molecule has 3 rings (SSSR count). The lowest BCUT2D eigenvalue weighted by Crippen LogP contribution is -2.40. The van der Waals surface area contributed by atoms with Gasteiger partial charge in [0.2, 0.25) is 0 Å². The number of ether oxygens (including phenoxy) is 1. The average molecular weight is 402 g/mol. The van der Waals surface area contributed by atoms with Crippen LogP contribution in [0.15, 0.2) is 41.5 Å². The number of thiazole rings is 1. The lowest BCUT2D eigenvalue weighted by atomic mass is 9.95.